The van der Waals surface area contributed by atoms with Gasteiger partial charge in [0, 0.05) is 30.4 Å². The van der Waals surface area contributed by atoms with Gasteiger partial charge in [-0.15, -0.1) is 0 Å². The van der Waals surface area contributed by atoms with Crippen molar-refractivity contribution in [3.63, 3.8) is 0 Å². The van der Waals surface area contributed by atoms with Crippen LogP contribution in [0.3, 0.4) is 0 Å². The molecule has 4 nitrogen and oxygen atoms in total. The second-order valence-corrected chi connectivity index (χ2v) is 4.17. The van der Waals surface area contributed by atoms with Crippen LogP contribution in [0, 0.1) is 11.6 Å². The van der Waals surface area contributed by atoms with Crippen molar-refractivity contribution in [1.82, 2.24) is 15.1 Å². The summed E-state index contributed by atoms with van der Waals surface area (Å²) in [5, 5.41) is 15.8. The second kappa shape index (κ2) is 6.40. The summed E-state index contributed by atoms with van der Waals surface area (Å²) in [4.78, 5) is 0. The van der Waals surface area contributed by atoms with E-state index in [0.717, 1.165) is 17.7 Å². The van der Waals surface area contributed by atoms with Crippen LogP contribution in [0.1, 0.15) is 11.1 Å². The molecule has 102 valence electrons. The number of aliphatic hydroxyl groups is 1. The third-order valence-electron chi connectivity index (χ3n) is 2.67. The molecular weight excluding hydrogens is 252 g/mol. The molecule has 0 fully saturated rings. The van der Waals surface area contributed by atoms with E-state index in [9.17, 15) is 8.78 Å². The van der Waals surface area contributed by atoms with Gasteiger partial charge in [-0.2, -0.15) is 5.10 Å². The summed E-state index contributed by atoms with van der Waals surface area (Å²) in [6.45, 7) is 1.22. The quantitative estimate of drug-likeness (QED) is 0.832. The molecule has 0 saturated carbocycles. The van der Waals surface area contributed by atoms with Gasteiger partial charge < -0.3 is 10.4 Å². The van der Waals surface area contributed by atoms with Crippen LogP contribution in [0.4, 0.5) is 8.78 Å². The highest BCUT2D eigenvalue weighted by Crippen LogP contribution is 2.09. The molecule has 2 rings (SSSR count). The molecule has 1 heterocycles. The number of hydrogen-bond donors (Lipinski definition) is 2. The van der Waals surface area contributed by atoms with Crippen LogP contribution in [0.5, 0.6) is 0 Å². The van der Waals surface area contributed by atoms with Crippen LogP contribution in [0.25, 0.3) is 0 Å². The summed E-state index contributed by atoms with van der Waals surface area (Å²) >= 11 is 0. The minimum absolute atomic E-state index is 0.0308. The minimum Gasteiger partial charge on any atom is -0.394 e. The highest BCUT2D eigenvalue weighted by Gasteiger charge is 2.04. The first-order chi connectivity index (χ1) is 9.19. The maximum Gasteiger partial charge on any atom is 0.127 e. The largest absolute Gasteiger partial charge is 0.394 e. The number of rotatable bonds is 6. The Labute approximate surface area is 109 Å². The molecule has 0 aliphatic rings. The Morgan fingerprint density at radius 2 is 2.11 bits per heavy atom. The predicted octanol–water partition coefficient (Wildman–Crippen LogP) is 1.44. The van der Waals surface area contributed by atoms with Crippen molar-refractivity contribution in [2.24, 2.45) is 0 Å². The van der Waals surface area contributed by atoms with Gasteiger partial charge in [-0.25, -0.2) is 8.78 Å². The van der Waals surface area contributed by atoms with Crippen LogP contribution in [0.2, 0.25) is 0 Å². The van der Waals surface area contributed by atoms with Crippen LogP contribution in [0.15, 0.2) is 30.6 Å². The summed E-state index contributed by atoms with van der Waals surface area (Å²) in [6, 6.07) is 3.39. The van der Waals surface area contributed by atoms with Gasteiger partial charge in [-0.05, 0) is 18.2 Å². The molecule has 0 unspecified atom stereocenters. The average molecular weight is 267 g/mol. The number of halogens is 2. The normalized spacial score (nSPS) is 10.9. The molecule has 0 spiro atoms. The lowest BCUT2D eigenvalue weighted by Gasteiger charge is -2.05. The van der Waals surface area contributed by atoms with E-state index in [-0.39, 0.29) is 13.2 Å². The van der Waals surface area contributed by atoms with E-state index in [0.29, 0.717) is 18.7 Å². The molecule has 19 heavy (non-hydrogen) atoms. The third kappa shape index (κ3) is 3.84. The highest BCUT2D eigenvalue weighted by molar-refractivity contribution is 5.18. The van der Waals surface area contributed by atoms with E-state index < -0.39 is 11.6 Å². The number of nitrogens with zero attached hydrogens (tertiary/aromatic N) is 2. The summed E-state index contributed by atoms with van der Waals surface area (Å²) in [5.74, 6) is -0.876. The SMILES string of the molecule is OCCn1cc(CNCc2cc(F)ccc2F)cn1. The molecule has 2 N–H and O–H groups in total. The Bertz CT molecular complexity index is 542. The predicted molar refractivity (Wildman–Crippen MR) is 66.2 cm³/mol. The Morgan fingerprint density at radius 1 is 1.26 bits per heavy atom. The molecule has 0 saturated heterocycles. The lowest BCUT2D eigenvalue weighted by atomic mass is 10.2. The van der Waals surface area contributed by atoms with Crippen LogP contribution >= 0.6 is 0 Å². The van der Waals surface area contributed by atoms with Crippen molar-refractivity contribution in [1.29, 1.82) is 0 Å². The van der Waals surface area contributed by atoms with Gasteiger partial charge in [0.05, 0.1) is 19.3 Å². The third-order valence-corrected chi connectivity index (χ3v) is 2.67. The molecule has 0 aliphatic heterocycles. The Balaban J connectivity index is 1.87. The topological polar surface area (TPSA) is 50.1 Å². The van der Waals surface area contributed by atoms with Crippen molar-refractivity contribution < 1.29 is 13.9 Å². The zero-order valence-corrected chi connectivity index (χ0v) is 10.3. The van der Waals surface area contributed by atoms with Gasteiger partial charge in [0.15, 0.2) is 0 Å². The van der Waals surface area contributed by atoms with Crippen molar-refractivity contribution in [2.45, 2.75) is 19.6 Å². The number of hydrogen-bond acceptors (Lipinski definition) is 3. The number of benzene rings is 1. The highest BCUT2D eigenvalue weighted by atomic mass is 19.1. The summed E-state index contributed by atoms with van der Waals surface area (Å²) in [5.41, 5.74) is 1.22. The molecule has 0 bridgehead atoms. The van der Waals surface area contributed by atoms with E-state index in [1.165, 1.54) is 6.07 Å². The fraction of sp³-hybridized carbons (Fsp3) is 0.308. The fourth-order valence-electron chi connectivity index (χ4n) is 1.74. The molecule has 0 amide bonds. The summed E-state index contributed by atoms with van der Waals surface area (Å²) in [6.07, 6.45) is 3.47. The number of aliphatic hydroxyl groups excluding tert-OH is 1. The van der Waals surface area contributed by atoms with Gasteiger partial charge in [0.1, 0.15) is 11.6 Å². The summed E-state index contributed by atoms with van der Waals surface area (Å²) < 4.78 is 27.9. The lowest BCUT2D eigenvalue weighted by Crippen LogP contribution is -2.13. The Hall–Kier alpha value is -1.79. The minimum atomic E-state index is -0.450. The van der Waals surface area contributed by atoms with Crippen LogP contribution in [-0.2, 0) is 19.6 Å². The molecular formula is C13H15F2N3O. The van der Waals surface area contributed by atoms with E-state index >= 15 is 0 Å². The molecule has 0 radical (unpaired) electrons. The standard InChI is InChI=1S/C13H15F2N3O/c14-12-1-2-13(15)11(5-12)8-16-6-10-7-17-18(9-10)3-4-19/h1-2,5,7,9,16,19H,3-4,6,8H2. The van der Waals surface area contributed by atoms with Gasteiger partial charge in [-0.3, -0.25) is 4.68 Å². The molecule has 2 aromatic rings. The van der Waals surface area contributed by atoms with Crippen molar-refractivity contribution >= 4 is 0 Å². The van der Waals surface area contributed by atoms with Gasteiger partial charge in [0.25, 0.3) is 0 Å². The van der Waals surface area contributed by atoms with Crippen molar-refractivity contribution in [3.05, 3.63) is 53.4 Å². The van der Waals surface area contributed by atoms with E-state index in [1.54, 1.807) is 17.1 Å². The first-order valence-corrected chi connectivity index (χ1v) is 5.96. The second-order valence-electron chi connectivity index (χ2n) is 4.17. The average Bonchev–Trinajstić information content (AvgIpc) is 2.82. The van der Waals surface area contributed by atoms with E-state index in [4.69, 9.17) is 5.11 Å². The van der Waals surface area contributed by atoms with Crippen LogP contribution < -0.4 is 5.32 Å². The van der Waals surface area contributed by atoms with Crippen molar-refractivity contribution in [2.75, 3.05) is 6.61 Å². The first kappa shape index (κ1) is 13.6. The summed E-state index contributed by atoms with van der Waals surface area (Å²) in [7, 11) is 0. The zero-order chi connectivity index (χ0) is 13.7. The number of nitrogens with one attached hydrogen (secondary N) is 1. The van der Waals surface area contributed by atoms with E-state index in [1.807, 2.05) is 0 Å². The maximum absolute atomic E-state index is 13.3. The van der Waals surface area contributed by atoms with E-state index in [2.05, 4.69) is 10.4 Å². The molecule has 0 aliphatic carbocycles. The molecule has 0 atom stereocenters. The fourth-order valence-corrected chi connectivity index (χ4v) is 1.74. The molecule has 1 aromatic heterocycles. The van der Waals surface area contributed by atoms with Gasteiger partial charge in [0.2, 0.25) is 0 Å². The molecule has 6 heteroatoms. The number of aromatic nitrogens is 2. The van der Waals surface area contributed by atoms with Gasteiger partial charge in [-0.1, -0.05) is 0 Å². The zero-order valence-electron chi connectivity index (χ0n) is 10.3. The van der Waals surface area contributed by atoms with Gasteiger partial charge >= 0.3 is 0 Å². The Morgan fingerprint density at radius 3 is 2.89 bits per heavy atom. The maximum atomic E-state index is 13.3. The van der Waals surface area contributed by atoms with Crippen LogP contribution in [-0.4, -0.2) is 21.5 Å². The molecule has 1 aromatic carbocycles. The Kier molecular flexibility index (Phi) is 4.59. The lowest BCUT2D eigenvalue weighted by molar-refractivity contribution is 0.269. The first-order valence-electron chi connectivity index (χ1n) is 5.96. The van der Waals surface area contributed by atoms with Crippen molar-refractivity contribution in [3.8, 4) is 0 Å². The monoisotopic (exact) mass is 267 g/mol. The smallest absolute Gasteiger partial charge is 0.127 e.